The van der Waals surface area contributed by atoms with E-state index in [0.29, 0.717) is 10.8 Å². The van der Waals surface area contributed by atoms with Crippen molar-refractivity contribution in [2.45, 2.75) is 31.3 Å². The van der Waals surface area contributed by atoms with Crippen LogP contribution in [0.25, 0.3) is 0 Å². The summed E-state index contributed by atoms with van der Waals surface area (Å²) in [5, 5.41) is 7.27. The van der Waals surface area contributed by atoms with E-state index >= 15 is 0 Å². The van der Waals surface area contributed by atoms with E-state index < -0.39 is 17.6 Å². The van der Waals surface area contributed by atoms with Crippen molar-refractivity contribution in [2.24, 2.45) is 11.7 Å². The van der Waals surface area contributed by atoms with Crippen LogP contribution in [0.2, 0.25) is 0 Å². The minimum atomic E-state index is -4.49. The highest BCUT2D eigenvalue weighted by Gasteiger charge is 2.34. The van der Waals surface area contributed by atoms with Gasteiger partial charge in [-0.1, -0.05) is 20.3 Å². The smallest absolute Gasteiger partial charge is 0.384 e. The number of benzene rings is 1. The zero-order chi connectivity index (χ0) is 14.6. The van der Waals surface area contributed by atoms with Gasteiger partial charge in [0.25, 0.3) is 0 Å². The van der Waals surface area contributed by atoms with E-state index in [0.717, 1.165) is 18.2 Å². The molecular formula is C13H17F3N2S. The molecule has 1 rings (SSSR count). The summed E-state index contributed by atoms with van der Waals surface area (Å²) in [6.07, 6.45) is -3.46. The quantitative estimate of drug-likeness (QED) is 0.486. The second kappa shape index (κ2) is 6.32. The Bertz CT molecular complexity index is 458. The number of nitrogens with two attached hydrogens (primary N) is 1. The number of alkyl halides is 3. The number of nitrogens with one attached hydrogen (secondary N) is 1. The van der Waals surface area contributed by atoms with Crippen LogP contribution >= 0.6 is 11.8 Å². The van der Waals surface area contributed by atoms with Crippen molar-refractivity contribution in [3.8, 4) is 0 Å². The fourth-order valence-electron chi connectivity index (χ4n) is 1.44. The molecule has 6 heteroatoms. The molecule has 1 unspecified atom stereocenters. The first-order valence-corrected chi connectivity index (χ1v) is 6.92. The Morgan fingerprint density at radius 2 is 2.05 bits per heavy atom. The van der Waals surface area contributed by atoms with Crippen LogP contribution in [0, 0.1) is 11.3 Å². The molecule has 0 fully saturated rings. The monoisotopic (exact) mass is 290 g/mol. The topological polar surface area (TPSA) is 49.9 Å². The van der Waals surface area contributed by atoms with Gasteiger partial charge in [0, 0.05) is 16.2 Å². The van der Waals surface area contributed by atoms with Gasteiger partial charge in [0.1, 0.15) is 5.84 Å². The van der Waals surface area contributed by atoms with Crippen molar-refractivity contribution < 1.29 is 13.2 Å². The zero-order valence-corrected chi connectivity index (χ0v) is 11.7. The summed E-state index contributed by atoms with van der Waals surface area (Å²) < 4.78 is 38.3. The van der Waals surface area contributed by atoms with E-state index in [2.05, 4.69) is 13.8 Å². The van der Waals surface area contributed by atoms with Gasteiger partial charge >= 0.3 is 6.18 Å². The standard InChI is InChI=1S/C13H17F3N2S/c1-3-8(2)7-19-9-4-5-11(13(14,15)16)10(6-9)12(17)18/h4-6,8H,3,7H2,1-2H3,(H3,17,18). The molecule has 3 N–H and O–H groups in total. The van der Waals surface area contributed by atoms with E-state index in [1.807, 2.05) is 0 Å². The van der Waals surface area contributed by atoms with E-state index in [1.54, 1.807) is 0 Å². The highest BCUT2D eigenvalue weighted by molar-refractivity contribution is 7.99. The molecule has 0 saturated heterocycles. The molecule has 1 aromatic rings. The number of nitrogen functional groups attached to an aromatic ring is 1. The molecule has 0 amide bonds. The summed E-state index contributed by atoms with van der Waals surface area (Å²) in [5.41, 5.74) is 4.13. The number of hydrogen-bond donors (Lipinski definition) is 2. The number of amidine groups is 1. The van der Waals surface area contributed by atoms with Gasteiger partial charge in [0.2, 0.25) is 0 Å². The van der Waals surface area contributed by atoms with Gasteiger partial charge < -0.3 is 5.73 Å². The van der Waals surface area contributed by atoms with E-state index in [1.165, 1.54) is 23.9 Å². The van der Waals surface area contributed by atoms with Crippen molar-refractivity contribution in [3.05, 3.63) is 29.3 Å². The maximum Gasteiger partial charge on any atom is 0.417 e. The molecule has 0 radical (unpaired) electrons. The van der Waals surface area contributed by atoms with Gasteiger partial charge in [0.05, 0.1) is 5.56 Å². The summed E-state index contributed by atoms with van der Waals surface area (Å²) in [7, 11) is 0. The second-order valence-corrected chi connectivity index (χ2v) is 5.54. The van der Waals surface area contributed by atoms with Gasteiger partial charge in [-0.05, 0) is 24.1 Å². The maximum absolute atomic E-state index is 12.8. The molecule has 0 aliphatic heterocycles. The van der Waals surface area contributed by atoms with E-state index in [9.17, 15) is 13.2 Å². The van der Waals surface area contributed by atoms with Crippen molar-refractivity contribution >= 4 is 17.6 Å². The Balaban J connectivity index is 3.00. The number of halogens is 3. The second-order valence-electron chi connectivity index (χ2n) is 4.44. The Labute approximate surface area is 115 Å². The molecule has 0 heterocycles. The summed E-state index contributed by atoms with van der Waals surface area (Å²) in [6, 6.07) is 3.77. The third-order valence-electron chi connectivity index (χ3n) is 2.82. The van der Waals surface area contributed by atoms with Crippen LogP contribution in [0.15, 0.2) is 23.1 Å². The lowest BCUT2D eigenvalue weighted by Crippen LogP contribution is -2.18. The SMILES string of the molecule is CCC(C)CSc1ccc(C(F)(F)F)c(C(=N)N)c1. The van der Waals surface area contributed by atoms with Crippen LogP contribution in [0.5, 0.6) is 0 Å². The van der Waals surface area contributed by atoms with Crippen LogP contribution in [-0.4, -0.2) is 11.6 Å². The van der Waals surface area contributed by atoms with Crippen LogP contribution < -0.4 is 5.73 Å². The minimum Gasteiger partial charge on any atom is -0.384 e. The normalized spacial score (nSPS) is 13.3. The Kier molecular flexibility index (Phi) is 5.29. The van der Waals surface area contributed by atoms with Gasteiger partial charge in [-0.3, -0.25) is 5.41 Å². The molecule has 0 saturated carbocycles. The molecule has 19 heavy (non-hydrogen) atoms. The largest absolute Gasteiger partial charge is 0.417 e. The van der Waals surface area contributed by atoms with Crippen LogP contribution in [0.3, 0.4) is 0 Å². The van der Waals surface area contributed by atoms with Crippen molar-refractivity contribution in [1.29, 1.82) is 5.41 Å². The van der Waals surface area contributed by atoms with Crippen LogP contribution in [0.4, 0.5) is 13.2 Å². The van der Waals surface area contributed by atoms with Crippen LogP contribution in [0.1, 0.15) is 31.4 Å². The molecule has 0 aliphatic carbocycles. The summed E-state index contributed by atoms with van der Waals surface area (Å²) in [6.45, 7) is 4.15. The lowest BCUT2D eigenvalue weighted by Gasteiger charge is -2.14. The summed E-state index contributed by atoms with van der Waals surface area (Å²) >= 11 is 1.48. The van der Waals surface area contributed by atoms with Gasteiger partial charge in [-0.2, -0.15) is 13.2 Å². The van der Waals surface area contributed by atoms with Gasteiger partial charge in [-0.15, -0.1) is 11.8 Å². The lowest BCUT2D eigenvalue weighted by atomic mass is 10.1. The third kappa shape index (κ3) is 4.45. The first-order chi connectivity index (χ1) is 8.75. The van der Waals surface area contributed by atoms with Crippen molar-refractivity contribution in [3.63, 3.8) is 0 Å². The first kappa shape index (κ1) is 15.9. The van der Waals surface area contributed by atoms with E-state index in [-0.39, 0.29) is 5.56 Å². The molecule has 106 valence electrons. The fourth-order valence-corrected chi connectivity index (χ4v) is 2.52. The first-order valence-electron chi connectivity index (χ1n) is 5.94. The van der Waals surface area contributed by atoms with Gasteiger partial charge in [-0.25, -0.2) is 0 Å². The lowest BCUT2D eigenvalue weighted by molar-refractivity contribution is -0.137. The Morgan fingerprint density at radius 1 is 1.42 bits per heavy atom. The van der Waals surface area contributed by atoms with Gasteiger partial charge in [0.15, 0.2) is 0 Å². The Hall–Kier alpha value is -1.17. The molecule has 0 aromatic heterocycles. The average molecular weight is 290 g/mol. The van der Waals surface area contributed by atoms with Crippen LogP contribution in [-0.2, 0) is 6.18 Å². The maximum atomic E-state index is 12.8. The number of thioether (sulfide) groups is 1. The predicted octanol–water partition coefficient (Wildman–Crippen LogP) is 4.13. The predicted molar refractivity (Wildman–Crippen MR) is 72.6 cm³/mol. The molecule has 1 aromatic carbocycles. The zero-order valence-electron chi connectivity index (χ0n) is 10.8. The van der Waals surface area contributed by atoms with Crippen molar-refractivity contribution in [2.75, 3.05) is 5.75 Å². The third-order valence-corrected chi connectivity index (χ3v) is 4.14. The molecule has 1 atom stereocenters. The molecular weight excluding hydrogens is 273 g/mol. The van der Waals surface area contributed by atoms with E-state index in [4.69, 9.17) is 11.1 Å². The molecule has 0 aliphatic rings. The minimum absolute atomic E-state index is 0.248. The summed E-state index contributed by atoms with van der Waals surface area (Å²) in [5.74, 6) is 0.769. The Morgan fingerprint density at radius 3 is 2.53 bits per heavy atom. The fraction of sp³-hybridized carbons (Fsp3) is 0.462. The molecule has 0 bridgehead atoms. The number of rotatable bonds is 5. The number of hydrogen-bond acceptors (Lipinski definition) is 2. The highest BCUT2D eigenvalue weighted by atomic mass is 32.2. The molecule has 2 nitrogen and oxygen atoms in total. The molecule has 0 spiro atoms. The highest BCUT2D eigenvalue weighted by Crippen LogP contribution is 2.34. The average Bonchev–Trinajstić information content (AvgIpc) is 2.34. The van der Waals surface area contributed by atoms with Crippen molar-refractivity contribution in [1.82, 2.24) is 0 Å². The summed E-state index contributed by atoms with van der Waals surface area (Å²) in [4.78, 5) is 0.707.